The van der Waals surface area contributed by atoms with Crippen molar-refractivity contribution < 1.29 is 4.79 Å². The van der Waals surface area contributed by atoms with E-state index < -0.39 is 5.54 Å². The third-order valence-electron chi connectivity index (χ3n) is 3.96. The van der Waals surface area contributed by atoms with Gasteiger partial charge in [0.2, 0.25) is 0 Å². The van der Waals surface area contributed by atoms with Crippen molar-refractivity contribution in [1.29, 1.82) is 0 Å². The maximum atomic E-state index is 12.7. The lowest BCUT2D eigenvalue weighted by Gasteiger charge is -2.31. The number of nitrogens with zero attached hydrogens (tertiary/aromatic N) is 1. The van der Waals surface area contributed by atoms with E-state index in [4.69, 9.17) is 11.6 Å². The number of hydrogen-bond donors (Lipinski definition) is 0. The monoisotopic (exact) mass is 261 g/mol. The van der Waals surface area contributed by atoms with Crippen LogP contribution in [0, 0.1) is 0 Å². The molecule has 1 atom stereocenters. The highest BCUT2D eigenvalue weighted by Gasteiger charge is 2.50. The van der Waals surface area contributed by atoms with Crippen molar-refractivity contribution in [3.05, 3.63) is 40.9 Å². The number of Topliss-reactive ketones (excluding diaryl/α,β-unsaturated/α-hetero) is 1. The molecule has 94 valence electrons. The highest BCUT2D eigenvalue weighted by molar-refractivity contribution is 6.31. The molecule has 0 radical (unpaired) electrons. The molecule has 0 N–H and O–H groups in total. The molecule has 2 aliphatic rings. The average Bonchev–Trinajstić information content (AvgIpc) is 2.87. The summed E-state index contributed by atoms with van der Waals surface area (Å²) in [5.74, 6) is 0.210. The van der Waals surface area contributed by atoms with Gasteiger partial charge in [0.25, 0.3) is 0 Å². The summed E-state index contributed by atoms with van der Waals surface area (Å²) in [5.41, 5.74) is 1.39. The van der Waals surface area contributed by atoms with Crippen LogP contribution in [0.2, 0.25) is 5.02 Å². The van der Waals surface area contributed by atoms with Gasteiger partial charge < -0.3 is 4.90 Å². The molecule has 2 heterocycles. The second-order valence-electron chi connectivity index (χ2n) is 5.03. The Bertz CT molecular complexity index is 537. The number of anilines is 1. The number of unbranched alkanes of at least 4 members (excludes halogenated alkanes) is 1. The van der Waals surface area contributed by atoms with E-state index in [0.717, 1.165) is 37.1 Å². The molecule has 0 aromatic heterocycles. The summed E-state index contributed by atoms with van der Waals surface area (Å²) in [4.78, 5) is 14.9. The molecule has 0 amide bonds. The zero-order chi connectivity index (χ0) is 12.8. The first kappa shape index (κ1) is 11.8. The third-order valence-corrected chi connectivity index (χ3v) is 4.20. The van der Waals surface area contributed by atoms with Crippen molar-refractivity contribution in [1.82, 2.24) is 0 Å². The Labute approximate surface area is 112 Å². The zero-order valence-corrected chi connectivity index (χ0v) is 11.2. The van der Waals surface area contributed by atoms with Gasteiger partial charge in [-0.3, -0.25) is 4.79 Å². The van der Waals surface area contributed by atoms with E-state index in [1.165, 1.54) is 0 Å². The molecule has 18 heavy (non-hydrogen) atoms. The van der Waals surface area contributed by atoms with Crippen LogP contribution in [0.5, 0.6) is 0 Å². The molecule has 0 saturated carbocycles. The molecule has 0 aliphatic carbocycles. The van der Waals surface area contributed by atoms with Gasteiger partial charge >= 0.3 is 0 Å². The van der Waals surface area contributed by atoms with Gasteiger partial charge in [-0.1, -0.05) is 43.5 Å². The summed E-state index contributed by atoms with van der Waals surface area (Å²) in [6.07, 6.45) is 7.25. The number of benzene rings is 1. The fourth-order valence-corrected chi connectivity index (χ4v) is 3.23. The van der Waals surface area contributed by atoms with Crippen LogP contribution < -0.4 is 4.90 Å². The molecule has 2 nitrogen and oxygen atoms in total. The molecule has 3 rings (SSSR count). The third kappa shape index (κ3) is 1.45. The Morgan fingerprint density at radius 3 is 3.06 bits per heavy atom. The Hall–Kier alpha value is -1.28. The Morgan fingerprint density at radius 1 is 1.44 bits per heavy atom. The summed E-state index contributed by atoms with van der Waals surface area (Å²) >= 11 is 6.01. The fraction of sp³-hybridized carbons (Fsp3) is 0.400. The van der Waals surface area contributed by atoms with Crippen LogP contribution in [0.1, 0.15) is 36.5 Å². The molecule has 0 saturated heterocycles. The first-order valence-electron chi connectivity index (χ1n) is 6.49. The van der Waals surface area contributed by atoms with E-state index in [2.05, 4.69) is 24.0 Å². The summed E-state index contributed by atoms with van der Waals surface area (Å²) in [7, 11) is 0. The first-order chi connectivity index (χ1) is 8.69. The lowest BCUT2D eigenvalue weighted by molar-refractivity contribution is 0.0929. The van der Waals surface area contributed by atoms with E-state index >= 15 is 0 Å². The van der Waals surface area contributed by atoms with Gasteiger partial charge in [0.1, 0.15) is 5.54 Å². The molecule has 3 heteroatoms. The SMILES string of the molecule is CCCCC12C=CCN1c1ccc(Cl)cc1C2=O. The topological polar surface area (TPSA) is 20.3 Å². The Morgan fingerprint density at radius 2 is 2.28 bits per heavy atom. The van der Waals surface area contributed by atoms with Gasteiger partial charge in [-0.15, -0.1) is 0 Å². The molecule has 0 fully saturated rings. The lowest BCUT2D eigenvalue weighted by Crippen LogP contribution is -2.45. The van der Waals surface area contributed by atoms with E-state index in [1.807, 2.05) is 12.1 Å². The predicted molar refractivity (Wildman–Crippen MR) is 74.5 cm³/mol. The molecule has 1 aromatic rings. The maximum absolute atomic E-state index is 12.7. The smallest absolute Gasteiger partial charge is 0.194 e. The van der Waals surface area contributed by atoms with Crippen LogP contribution in [0.3, 0.4) is 0 Å². The Kier molecular flexibility index (Phi) is 2.70. The minimum absolute atomic E-state index is 0.210. The van der Waals surface area contributed by atoms with Crippen LogP contribution >= 0.6 is 11.6 Å². The molecular weight excluding hydrogens is 246 g/mol. The second kappa shape index (κ2) is 4.13. The number of fused-ring (bicyclic) bond motifs is 3. The minimum Gasteiger partial charge on any atom is -0.351 e. The number of hydrogen-bond acceptors (Lipinski definition) is 2. The van der Waals surface area contributed by atoms with Crippen LogP contribution in [0.15, 0.2) is 30.4 Å². The minimum atomic E-state index is -0.428. The van der Waals surface area contributed by atoms with Crippen molar-refractivity contribution in [2.45, 2.75) is 31.7 Å². The number of carbonyl (C=O) groups is 1. The molecule has 0 spiro atoms. The van der Waals surface area contributed by atoms with Crippen LogP contribution in [0.25, 0.3) is 0 Å². The second-order valence-corrected chi connectivity index (χ2v) is 5.47. The lowest BCUT2D eigenvalue weighted by atomic mass is 9.88. The molecule has 0 bridgehead atoms. The van der Waals surface area contributed by atoms with Crippen molar-refractivity contribution >= 4 is 23.1 Å². The summed E-state index contributed by atoms with van der Waals surface area (Å²) < 4.78 is 0. The van der Waals surface area contributed by atoms with Crippen LogP contribution in [-0.2, 0) is 0 Å². The Balaban J connectivity index is 2.07. The van der Waals surface area contributed by atoms with Gasteiger partial charge in [0.15, 0.2) is 5.78 Å². The molecular formula is C15H16ClNO. The number of ketones is 1. The maximum Gasteiger partial charge on any atom is 0.194 e. The average molecular weight is 262 g/mol. The highest BCUT2D eigenvalue weighted by Crippen LogP contribution is 2.45. The van der Waals surface area contributed by atoms with Gasteiger partial charge in [-0.2, -0.15) is 0 Å². The predicted octanol–water partition coefficient (Wildman–Crippen LogP) is 3.84. The van der Waals surface area contributed by atoms with Gasteiger partial charge in [0.05, 0.1) is 0 Å². The van der Waals surface area contributed by atoms with Gasteiger partial charge in [0, 0.05) is 22.8 Å². The first-order valence-corrected chi connectivity index (χ1v) is 6.86. The fourth-order valence-electron chi connectivity index (χ4n) is 3.05. The van der Waals surface area contributed by atoms with Crippen LogP contribution in [0.4, 0.5) is 5.69 Å². The molecule has 1 unspecified atom stereocenters. The van der Waals surface area contributed by atoms with Crippen molar-refractivity contribution in [2.75, 3.05) is 11.4 Å². The van der Waals surface area contributed by atoms with E-state index in [-0.39, 0.29) is 5.78 Å². The largest absolute Gasteiger partial charge is 0.351 e. The van der Waals surface area contributed by atoms with Crippen LogP contribution in [-0.4, -0.2) is 17.9 Å². The molecule has 2 aliphatic heterocycles. The van der Waals surface area contributed by atoms with E-state index in [1.54, 1.807) is 6.07 Å². The standard InChI is InChI=1S/C15H16ClNO/c1-2-3-7-15-8-4-9-17(15)13-6-5-11(16)10-12(13)14(15)18/h4-6,8,10H,2-3,7,9H2,1H3. The highest BCUT2D eigenvalue weighted by atomic mass is 35.5. The summed E-state index contributed by atoms with van der Waals surface area (Å²) in [5, 5.41) is 0.637. The summed E-state index contributed by atoms with van der Waals surface area (Å²) in [6, 6.07) is 5.64. The zero-order valence-electron chi connectivity index (χ0n) is 10.4. The van der Waals surface area contributed by atoms with Crippen molar-refractivity contribution in [3.63, 3.8) is 0 Å². The van der Waals surface area contributed by atoms with Gasteiger partial charge in [-0.25, -0.2) is 0 Å². The van der Waals surface area contributed by atoms with Crippen molar-refractivity contribution in [3.8, 4) is 0 Å². The van der Waals surface area contributed by atoms with Crippen molar-refractivity contribution in [2.24, 2.45) is 0 Å². The summed E-state index contributed by atoms with van der Waals surface area (Å²) in [6.45, 7) is 2.98. The normalized spacial score (nSPS) is 24.6. The number of rotatable bonds is 3. The van der Waals surface area contributed by atoms with E-state index in [9.17, 15) is 4.79 Å². The number of carbonyl (C=O) groups excluding carboxylic acids is 1. The van der Waals surface area contributed by atoms with E-state index in [0.29, 0.717) is 5.02 Å². The van der Waals surface area contributed by atoms with Gasteiger partial charge in [-0.05, 0) is 24.6 Å². The quantitative estimate of drug-likeness (QED) is 0.771. The molecule has 1 aromatic carbocycles. The number of halogens is 1.